The topological polar surface area (TPSA) is 48.8 Å². The molecule has 8 heteroatoms. The fourth-order valence-electron chi connectivity index (χ4n) is 3.14. The summed E-state index contributed by atoms with van der Waals surface area (Å²) in [5.74, 6) is 0.541. The van der Waals surface area contributed by atoms with E-state index in [4.69, 9.17) is 4.74 Å². The van der Waals surface area contributed by atoms with Gasteiger partial charge in [0.05, 0.1) is 24.9 Å². The van der Waals surface area contributed by atoms with Gasteiger partial charge in [0.25, 0.3) is 0 Å². The summed E-state index contributed by atoms with van der Waals surface area (Å²) in [5.41, 5.74) is 0.320. The third-order valence-corrected chi connectivity index (χ3v) is 4.66. The quantitative estimate of drug-likeness (QED) is 0.781. The van der Waals surface area contributed by atoms with Crippen molar-refractivity contribution in [2.24, 2.45) is 0 Å². The molecule has 152 valence electrons. The number of nitrogens with zero attached hydrogens (tertiary/aromatic N) is 3. The van der Waals surface area contributed by atoms with Crippen LogP contribution in [0.3, 0.4) is 0 Å². The van der Waals surface area contributed by atoms with Gasteiger partial charge in [-0.1, -0.05) is 30.3 Å². The van der Waals surface area contributed by atoms with Gasteiger partial charge in [0, 0.05) is 38.9 Å². The monoisotopic (exact) mass is 395 g/mol. The number of aromatic nitrogens is 1. The first-order valence-electron chi connectivity index (χ1n) is 9.22. The van der Waals surface area contributed by atoms with E-state index in [1.54, 1.807) is 0 Å². The van der Waals surface area contributed by atoms with Gasteiger partial charge >= 0.3 is 6.18 Å². The molecule has 0 saturated carbocycles. The molecule has 2 aromatic rings. The van der Waals surface area contributed by atoms with Crippen LogP contribution in [0.4, 0.5) is 19.0 Å². The first-order valence-corrected chi connectivity index (χ1v) is 9.22. The molecule has 0 amide bonds. The Kier molecular flexibility index (Phi) is 6.88. The fourth-order valence-corrected chi connectivity index (χ4v) is 3.14. The molecule has 1 aromatic carbocycles. The number of rotatable bonds is 7. The minimum atomic E-state index is -4.37. The van der Waals surface area contributed by atoms with Crippen molar-refractivity contribution < 1.29 is 23.0 Å². The van der Waals surface area contributed by atoms with Gasteiger partial charge in [-0.15, -0.1) is 0 Å². The van der Waals surface area contributed by atoms with Crippen LogP contribution in [-0.2, 0) is 17.5 Å². The van der Waals surface area contributed by atoms with Gasteiger partial charge in [0.1, 0.15) is 5.82 Å². The van der Waals surface area contributed by atoms with E-state index in [1.807, 2.05) is 35.2 Å². The zero-order chi connectivity index (χ0) is 20.0. The van der Waals surface area contributed by atoms with Crippen molar-refractivity contribution in [1.82, 2.24) is 9.88 Å². The average Bonchev–Trinajstić information content (AvgIpc) is 2.69. The summed E-state index contributed by atoms with van der Waals surface area (Å²) in [5, 5.41) is 10.2. The van der Waals surface area contributed by atoms with E-state index < -0.39 is 17.8 Å². The van der Waals surface area contributed by atoms with Crippen LogP contribution in [0.25, 0.3) is 0 Å². The number of β-amino-alcohol motifs (C(OH)–C–C–N with tert-alkyl or cyclic N) is 1. The molecule has 3 rings (SSSR count). The highest BCUT2D eigenvalue weighted by Crippen LogP contribution is 2.29. The molecule has 0 radical (unpaired) electrons. The smallest absolute Gasteiger partial charge is 0.389 e. The molecule has 5 nitrogen and oxygen atoms in total. The van der Waals surface area contributed by atoms with Crippen LogP contribution < -0.4 is 4.90 Å². The predicted molar refractivity (Wildman–Crippen MR) is 100.0 cm³/mol. The Morgan fingerprint density at radius 2 is 1.75 bits per heavy atom. The Bertz CT molecular complexity index is 718. The molecule has 2 heterocycles. The van der Waals surface area contributed by atoms with Crippen LogP contribution in [0.1, 0.15) is 11.1 Å². The predicted octanol–water partition coefficient (Wildman–Crippen LogP) is 2.80. The number of halogens is 3. The molecule has 28 heavy (non-hydrogen) atoms. The maximum atomic E-state index is 12.6. The summed E-state index contributed by atoms with van der Waals surface area (Å²) in [6.45, 7) is 3.94. The fraction of sp³-hybridized carbons (Fsp3) is 0.450. The van der Waals surface area contributed by atoms with Crippen molar-refractivity contribution in [2.75, 3.05) is 44.2 Å². The third-order valence-electron chi connectivity index (χ3n) is 4.66. The van der Waals surface area contributed by atoms with E-state index >= 15 is 0 Å². The average molecular weight is 395 g/mol. The molecule has 1 aliphatic heterocycles. The van der Waals surface area contributed by atoms with E-state index in [-0.39, 0.29) is 6.61 Å². The van der Waals surface area contributed by atoms with Crippen molar-refractivity contribution in [2.45, 2.75) is 18.9 Å². The Balaban J connectivity index is 1.39. The van der Waals surface area contributed by atoms with Gasteiger partial charge in [-0.2, -0.15) is 13.2 Å². The van der Waals surface area contributed by atoms with Crippen molar-refractivity contribution in [1.29, 1.82) is 0 Å². The number of benzene rings is 1. The molecule has 0 aliphatic carbocycles. The second-order valence-electron chi connectivity index (χ2n) is 6.85. The van der Waals surface area contributed by atoms with Crippen LogP contribution in [0.15, 0.2) is 48.7 Å². The first-order chi connectivity index (χ1) is 13.4. The molecule has 1 aromatic heterocycles. The summed E-state index contributed by atoms with van der Waals surface area (Å²) in [4.78, 5) is 8.02. The molecular weight excluding hydrogens is 371 g/mol. The molecule has 1 aliphatic rings. The Morgan fingerprint density at radius 1 is 1.04 bits per heavy atom. The highest BCUT2D eigenvalue weighted by atomic mass is 19.4. The zero-order valence-electron chi connectivity index (χ0n) is 15.5. The molecule has 1 N–H and O–H groups in total. The second-order valence-corrected chi connectivity index (χ2v) is 6.85. The van der Waals surface area contributed by atoms with E-state index in [2.05, 4.69) is 9.88 Å². The van der Waals surface area contributed by atoms with Crippen molar-refractivity contribution in [3.8, 4) is 0 Å². The lowest BCUT2D eigenvalue weighted by atomic mass is 10.2. The van der Waals surface area contributed by atoms with Crippen LogP contribution in [-0.4, -0.2) is 60.4 Å². The minimum Gasteiger partial charge on any atom is -0.389 e. The van der Waals surface area contributed by atoms with Gasteiger partial charge in [0.15, 0.2) is 0 Å². The first kappa shape index (κ1) is 20.6. The van der Waals surface area contributed by atoms with Crippen molar-refractivity contribution in [3.63, 3.8) is 0 Å². The minimum absolute atomic E-state index is 0.259. The summed E-state index contributed by atoms with van der Waals surface area (Å²) in [7, 11) is 0. The number of anilines is 1. The highest BCUT2D eigenvalue weighted by Gasteiger charge is 2.31. The normalized spacial score (nSPS) is 16.9. The molecule has 0 bridgehead atoms. The van der Waals surface area contributed by atoms with Gasteiger partial charge in [-0.05, 0) is 17.7 Å². The van der Waals surface area contributed by atoms with E-state index in [0.717, 1.165) is 17.8 Å². The molecule has 1 fully saturated rings. The lowest BCUT2D eigenvalue weighted by Crippen LogP contribution is -2.49. The maximum Gasteiger partial charge on any atom is 0.417 e. The summed E-state index contributed by atoms with van der Waals surface area (Å²) in [6, 6.07) is 12.2. The Morgan fingerprint density at radius 3 is 2.36 bits per heavy atom. The molecule has 0 spiro atoms. The molecule has 1 unspecified atom stereocenters. The number of aliphatic hydroxyl groups excluding tert-OH is 1. The second kappa shape index (κ2) is 9.36. The molecule has 1 atom stereocenters. The van der Waals surface area contributed by atoms with Crippen molar-refractivity contribution >= 4 is 5.82 Å². The van der Waals surface area contributed by atoms with Crippen molar-refractivity contribution in [3.05, 3.63) is 59.8 Å². The summed E-state index contributed by atoms with van der Waals surface area (Å²) < 4.78 is 43.4. The van der Waals surface area contributed by atoms with Gasteiger partial charge < -0.3 is 14.7 Å². The summed E-state index contributed by atoms with van der Waals surface area (Å²) >= 11 is 0. The SMILES string of the molecule is OC(COCc1ccccc1)CN1CCN(c2ccc(C(F)(F)F)cn2)CC1. The standard InChI is InChI=1S/C20H24F3N3O2/c21-20(22,23)17-6-7-19(24-12-17)26-10-8-25(9-11-26)13-18(27)15-28-14-16-4-2-1-3-5-16/h1-7,12,18,27H,8-11,13-15H2. The molecular formula is C20H24F3N3O2. The highest BCUT2D eigenvalue weighted by molar-refractivity contribution is 5.40. The number of hydrogen-bond acceptors (Lipinski definition) is 5. The van der Waals surface area contributed by atoms with Gasteiger partial charge in [-0.25, -0.2) is 4.98 Å². The lowest BCUT2D eigenvalue weighted by Gasteiger charge is -2.36. The number of ether oxygens (including phenoxy) is 1. The number of hydrogen-bond donors (Lipinski definition) is 1. The van der Waals surface area contributed by atoms with Crippen LogP contribution in [0.5, 0.6) is 0 Å². The van der Waals surface area contributed by atoms with Crippen LogP contribution in [0.2, 0.25) is 0 Å². The zero-order valence-corrected chi connectivity index (χ0v) is 15.5. The number of piperazine rings is 1. The Labute approximate surface area is 162 Å². The van der Waals surface area contributed by atoms with E-state index in [1.165, 1.54) is 6.07 Å². The maximum absolute atomic E-state index is 12.6. The van der Waals surface area contributed by atoms with Crippen LogP contribution in [0, 0.1) is 0 Å². The van der Waals surface area contributed by atoms with Gasteiger partial charge in [-0.3, -0.25) is 4.90 Å². The number of pyridine rings is 1. The largest absolute Gasteiger partial charge is 0.417 e. The van der Waals surface area contributed by atoms with Gasteiger partial charge in [0.2, 0.25) is 0 Å². The number of aliphatic hydroxyl groups is 1. The van der Waals surface area contributed by atoms with E-state index in [9.17, 15) is 18.3 Å². The number of alkyl halides is 3. The summed E-state index contributed by atoms with van der Waals surface area (Å²) in [6.07, 6.45) is -4.09. The lowest BCUT2D eigenvalue weighted by molar-refractivity contribution is -0.137. The van der Waals surface area contributed by atoms with Crippen LogP contribution >= 0.6 is 0 Å². The third kappa shape index (κ3) is 5.92. The molecule has 1 saturated heterocycles. The van der Waals surface area contributed by atoms with E-state index in [0.29, 0.717) is 45.1 Å². The Hall–Kier alpha value is -2.16.